The fourth-order valence-electron chi connectivity index (χ4n) is 0.957. The molecule has 0 aliphatic heterocycles. The van der Waals surface area contributed by atoms with Gasteiger partial charge in [-0.05, 0) is 12.3 Å². The van der Waals surface area contributed by atoms with Crippen LogP contribution in [0, 0.1) is 5.92 Å². The number of nitrogen functional groups attached to an aromatic ring is 1. The number of hydrogen-bond acceptors (Lipinski definition) is 6. The number of rotatable bonds is 7. The van der Waals surface area contributed by atoms with Crippen LogP contribution in [0.4, 0.5) is 12.0 Å². The molecule has 0 unspecified atom stereocenters. The minimum atomic E-state index is 0.0678. The van der Waals surface area contributed by atoms with E-state index in [0.29, 0.717) is 25.1 Å². The average Bonchev–Trinajstić information content (AvgIpc) is 2.57. The lowest BCUT2D eigenvalue weighted by atomic mass is 10.1. The van der Waals surface area contributed by atoms with Gasteiger partial charge in [0.15, 0.2) is 0 Å². The smallest absolute Gasteiger partial charge is 0.316 e. The van der Waals surface area contributed by atoms with Gasteiger partial charge in [0.05, 0.1) is 6.61 Å². The topological polar surface area (TPSA) is 86.2 Å². The zero-order chi connectivity index (χ0) is 11.1. The molecule has 6 nitrogen and oxygen atoms in total. The van der Waals surface area contributed by atoms with Crippen LogP contribution >= 0.6 is 0 Å². The summed E-state index contributed by atoms with van der Waals surface area (Å²) in [5.41, 5.74) is 5.25. The molecule has 0 aliphatic carbocycles. The summed E-state index contributed by atoms with van der Waals surface area (Å²) in [5, 5.41) is 10.1. The van der Waals surface area contributed by atoms with Gasteiger partial charge in [0, 0.05) is 13.2 Å². The lowest BCUT2D eigenvalue weighted by Crippen LogP contribution is -2.11. The van der Waals surface area contributed by atoms with Gasteiger partial charge in [-0.25, -0.2) is 0 Å². The molecule has 0 bridgehead atoms. The van der Waals surface area contributed by atoms with Gasteiger partial charge < -0.3 is 20.2 Å². The van der Waals surface area contributed by atoms with E-state index in [1.54, 1.807) is 0 Å². The standard InChI is InChI=1S/C9H18N4O2/c1-7(2)3-5-14-6-4-11-9-13-12-8(10)15-9/h7H,3-6H2,1-2H3,(H2,10,12)(H,11,13). The Kier molecular flexibility index (Phi) is 4.89. The minimum Gasteiger partial charge on any atom is -0.390 e. The Labute approximate surface area is 89.2 Å². The van der Waals surface area contributed by atoms with Gasteiger partial charge in [-0.3, -0.25) is 0 Å². The third-order valence-electron chi connectivity index (χ3n) is 1.80. The van der Waals surface area contributed by atoms with E-state index < -0.39 is 0 Å². The first-order chi connectivity index (χ1) is 7.18. The first-order valence-corrected chi connectivity index (χ1v) is 5.09. The van der Waals surface area contributed by atoms with Crippen LogP contribution in [0.5, 0.6) is 0 Å². The van der Waals surface area contributed by atoms with Crippen molar-refractivity contribution in [3.63, 3.8) is 0 Å². The summed E-state index contributed by atoms with van der Waals surface area (Å²) in [6, 6.07) is 0.401. The average molecular weight is 214 g/mol. The van der Waals surface area contributed by atoms with E-state index in [1.165, 1.54) is 0 Å². The lowest BCUT2D eigenvalue weighted by molar-refractivity contribution is 0.132. The van der Waals surface area contributed by atoms with Crippen molar-refractivity contribution in [3.8, 4) is 0 Å². The lowest BCUT2D eigenvalue weighted by Gasteiger charge is -2.06. The molecule has 1 rings (SSSR count). The van der Waals surface area contributed by atoms with Crippen molar-refractivity contribution in [2.45, 2.75) is 20.3 Å². The Balaban J connectivity index is 1.98. The maximum atomic E-state index is 5.39. The van der Waals surface area contributed by atoms with Crippen LogP contribution < -0.4 is 11.1 Å². The summed E-state index contributed by atoms with van der Waals surface area (Å²) in [5.74, 6) is 0.675. The Hall–Kier alpha value is -1.30. The fraction of sp³-hybridized carbons (Fsp3) is 0.778. The van der Waals surface area contributed by atoms with Crippen molar-refractivity contribution in [1.82, 2.24) is 10.2 Å². The van der Waals surface area contributed by atoms with Gasteiger partial charge in [-0.15, -0.1) is 0 Å². The van der Waals surface area contributed by atoms with Crippen molar-refractivity contribution in [3.05, 3.63) is 0 Å². The third-order valence-corrected chi connectivity index (χ3v) is 1.80. The summed E-state index contributed by atoms with van der Waals surface area (Å²) in [6.07, 6.45) is 1.08. The van der Waals surface area contributed by atoms with Crippen LogP contribution in [0.1, 0.15) is 20.3 Å². The van der Waals surface area contributed by atoms with Crippen molar-refractivity contribution >= 4 is 12.0 Å². The largest absolute Gasteiger partial charge is 0.390 e. The highest BCUT2D eigenvalue weighted by molar-refractivity contribution is 5.21. The number of hydrogen-bond donors (Lipinski definition) is 2. The number of anilines is 2. The quantitative estimate of drug-likeness (QED) is 0.661. The summed E-state index contributed by atoms with van der Waals surface area (Å²) >= 11 is 0. The molecular formula is C9H18N4O2. The van der Waals surface area contributed by atoms with E-state index in [1.807, 2.05) is 0 Å². The molecule has 0 saturated carbocycles. The van der Waals surface area contributed by atoms with Crippen LogP contribution in [0.2, 0.25) is 0 Å². The highest BCUT2D eigenvalue weighted by Crippen LogP contribution is 2.05. The van der Waals surface area contributed by atoms with Gasteiger partial charge in [-0.2, -0.15) is 0 Å². The van der Waals surface area contributed by atoms with Crippen molar-refractivity contribution in [2.75, 3.05) is 30.8 Å². The third kappa shape index (κ3) is 5.21. The minimum absolute atomic E-state index is 0.0678. The highest BCUT2D eigenvalue weighted by atomic mass is 16.5. The van der Waals surface area contributed by atoms with Crippen molar-refractivity contribution in [2.24, 2.45) is 5.92 Å². The van der Waals surface area contributed by atoms with Gasteiger partial charge in [0.25, 0.3) is 0 Å². The molecule has 0 aromatic carbocycles. The molecule has 0 aliphatic rings. The van der Waals surface area contributed by atoms with Gasteiger partial charge in [0.2, 0.25) is 0 Å². The Bertz CT molecular complexity index is 275. The first kappa shape index (κ1) is 11.8. The second kappa shape index (κ2) is 6.23. The van der Waals surface area contributed by atoms with Crippen molar-refractivity contribution in [1.29, 1.82) is 0 Å². The van der Waals surface area contributed by atoms with Gasteiger partial charge in [-0.1, -0.05) is 24.0 Å². The van der Waals surface area contributed by atoms with Crippen LogP contribution in [0.15, 0.2) is 4.42 Å². The van der Waals surface area contributed by atoms with Crippen LogP contribution in [-0.4, -0.2) is 30.0 Å². The summed E-state index contributed by atoms with van der Waals surface area (Å²) in [7, 11) is 0. The SMILES string of the molecule is CC(C)CCOCCNc1nnc(N)o1. The maximum Gasteiger partial charge on any atom is 0.316 e. The molecule has 0 spiro atoms. The zero-order valence-corrected chi connectivity index (χ0v) is 9.19. The molecule has 0 atom stereocenters. The first-order valence-electron chi connectivity index (χ1n) is 5.09. The predicted molar refractivity (Wildman–Crippen MR) is 57.5 cm³/mol. The van der Waals surface area contributed by atoms with E-state index in [9.17, 15) is 0 Å². The molecule has 0 saturated heterocycles. The fourth-order valence-corrected chi connectivity index (χ4v) is 0.957. The number of nitrogens with two attached hydrogens (primary N) is 1. The molecule has 6 heteroatoms. The number of aromatic nitrogens is 2. The number of ether oxygens (including phenoxy) is 1. The highest BCUT2D eigenvalue weighted by Gasteiger charge is 2.00. The van der Waals surface area contributed by atoms with Crippen LogP contribution in [-0.2, 0) is 4.74 Å². The summed E-state index contributed by atoms with van der Waals surface area (Å²) in [6.45, 7) is 6.38. The maximum absolute atomic E-state index is 5.39. The molecule has 0 amide bonds. The number of nitrogens with zero attached hydrogens (tertiary/aromatic N) is 2. The van der Waals surface area contributed by atoms with E-state index in [4.69, 9.17) is 14.9 Å². The van der Waals surface area contributed by atoms with Crippen molar-refractivity contribution < 1.29 is 9.15 Å². The molecule has 3 N–H and O–H groups in total. The summed E-state index contributed by atoms with van der Waals surface area (Å²) in [4.78, 5) is 0. The second-order valence-corrected chi connectivity index (χ2v) is 3.67. The molecule has 0 radical (unpaired) electrons. The van der Waals surface area contributed by atoms with Gasteiger partial charge in [0.1, 0.15) is 0 Å². The molecule has 1 aromatic heterocycles. The molecule has 0 fully saturated rings. The Morgan fingerprint density at radius 2 is 2.20 bits per heavy atom. The van der Waals surface area contributed by atoms with E-state index in [0.717, 1.165) is 13.0 Å². The van der Waals surface area contributed by atoms with E-state index >= 15 is 0 Å². The van der Waals surface area contributed by atoms with Crippen LogP contribution in [0.25, 0.3) is 0 Å². The molecule has 15 heavy (non-hydrogen) atoms. The second-order valence-electron chi connectivity index (χ2n) is 3.67. The van der Waals surface area contributed by atoms with Gasteiger partial charge >= 0.3 is 12.0 Å². The predicted octanol–water partition coefficient (Wildman–Crippen LogP) is 1.13. The Morgan fingerprint density at radius 3 is 2.80 bits per heavy atom. The van der Waals surface area contributed by atoms with E-state index in [-0.39, 0.29) is 6.01 Å². The zero-order valence-electron chi connectivity index (χ0n) is 9.19. The van der Waals surface area contributed by atoms with Crippen LogP contribution in [0.3, 0.4) is 0 Å². The monoisotopic (exact) mass is 214 g/mol. The normalized spacial score (nSPS) is 10.9. The molecule has 1 heterocycles. The molecule has 86 valence electrons. The van der Waals surface area contributed by atoms with E-state index in [2.05, 4.69) is 29.4 Å². The summed E-state index contributed by atoms with van der Waals surface area (Å²) < 4.78 is 10.3. The number of nitrogens with one attached hydrogen (secondary N) is 1. The Morgan fingerprint density at radius 1 is 1.40 bits per heavy atom. The molecular weight excluding hydrogens is 196 g/mol. The molecule has 1 aromatic rings.